The summed E-state index contributed by atoms with van der Waals surface area (Å²) in [4.78, 5) is 100. The molecule has 0 saturated carbocycles. The third-order valence-electron chi connectivity index (χ3n) is 10.9. The van der Waals surface area contributed by atoms with Gasteiger partial charge in [-0.15, -0.1) is 0 Å². The molecule has 0 aromatic heterocycles. The van der Waals surface area contributed by atoms with Crippen LogP contribution in [0.5, 0.6) is 0 Å². The standard InChI is InChI=1S/C40H58ClF4N7O8/c1-9-51-30(19-25-13-12-14-26(41)18-25)33(54)46-23(4)35(56)49(7)16-11-10-15-29(32(53)48-28(37(51)58)17-22(2)3)50(8)36(57)24(5)47-34(55)31-20-27(42)21-52(31)38(59)39(6,60)40(43,44)45/h12-14,18,22-24,27-31,60H,9-11,15-17,19-21H2,1-8H3,(H,46,54)(H,47,55)(H,48,53)/t23-,24+,27-,28+,29+,30+,31+,39-/m1/s1. The molecule has 15 nitrogen and oxygen atoms in total. The fourth-order valence-corrected chi connectivity index (χ4v) is 7.62. The summed E-state index contributed by atoms with van der Waals surface area (Å²) < 4.78 is 54.9. The predicted octanol–water partition coefficient (Wildman–Crippen LogP) is 2.36. The van der Waals surface area contributed by atoms with E-state index in [4.69, 9.17) is 11.6 Å². The summed E-state index contributed by atoms with van der Waals surface area (Å²) >= 11 is 6.25. The van der Waals surface area contributed by atoms with Gasteiger partial charge in [-0.1, -0.05) is 37.6 Å². The maximum Gasteiger partial charge on any atom is 0.426 e. The molecule has 2 fully saturated rings. The summed E-state index contributed by atoms with van der Waals surface area (Å²) in [5.41, 5.74) is -3.28. The second-order valence-electron chi connectivity index (χ2n) is 16.2. The minimum Gasteiger partial charge on any atom is -0.373 e. The van der Waals surface area contributed by atoms with Gasteiger partial charge in [-0.2, -0.15) is 13.2 Å². The molecule has 336 valence electrons. The molecular weight excluding hydrogens is 818 g/mol. The lowest BCUT2D eigenvalue weighted by molar-refractivity contribution is -0.250. The third kappa shape index (κ3) is 12.3. The van der Waals surface area contributed by atoms with Crippen LogP contribution in [0.15, 0.2) is 24.3 Å². The normalized spacial score (nSPS) is 25.7. The number of carbonyl (C=O) groups excluding carboxylic acids is 7. The van der Waals surface area contributed by atoms with Crippen LogP contribution in [-0.4, -0.2) is 154 Å². The Hall–Kier alpha value is -4.52. The largest absolute Gasteiger partial charge is 0.426 e. The zero-order valence-corrected chi connectivity index (χ0v) is 36.0. The quantitative estimate of drug-likeness (QED) is 0.258. The van der Waals surface area contributed by atoms with Gasteiger partial charge in [-0.05, 0) is 77.0 Å². The van der Waals surface area contributed by atoms with Crippen molar-refractivity contribution in [2.24, 2.45) is 5.92 Å². The Balaban J connectivity index is 1.96. The molecule has 4 N–H and O–H groups in total. The van der Waals surface area contributed by atoms with Crippen molar-refractivity contribution in [2.45, 2.75) is 134 Å². The van der Waals surface area contributed by atoms with Crippen molar-refractivity contribution in [2.75, 3.05) is 33.7 Å². The Morgan fingerprint density at radius 1 is 1.05 bits per heavy atom. The van der Waals surface area contributed by atoms with E-state index in [-0.39, 0.29) is 51.6 Å². The van der Waals surface area contributed by atoms with Crippen molar-refractivity contribution in [1.82, 2.24) is 35.6 Å². The Labute approximate surface area is 352 Å². The van der Waals surface area contributed by atoms with E-state index in [1.54, 1.807) is 38.2 Å². The number of hydrogen-bond donors (Lipinski definition) is 4. The Morgan fingerprint density at radius 2 is 1.70 bits per heavy atom. The van der Waals surface area contributed by atoms with Crippen LogP contribution >= 0.6 is 11.6 Å². The van der Waals surface area contributed by atoms with E-state index >= 15 is 0 Å². The van der Waals surface area contributed by atoms with Gasteiger partial charge >= 0.3 is 6.18 Å². The highest BCUT2D eigenvalue weighted by atomic mass is 35.5. The average Bonchev–Trinajstić information content (AvgIpc) is 3.56. The summed E-state index contributed by atoms with van der Waals surface area (Å²) in [7, 11) is 2.84. The molecule has 1 aromatic carbocycles. The molecule has 20 heteroatoms. The number of halogens is 5. The fourth-order valence-electron chi connectivity index (χ4n) is 7.41. The highest BCUT2D eigenvalue weighted by molar-refractivity contribution is 6.30. The monoisotopic (exact) mass is 875 g/mol. The molecular formula is C40H58ClF4N7O8. The van der Waals surface area contributed by atoms with Crippen molar-refractivity contribution in [3.8, 4) is 0 Å². The first-order valence-electron chi connectivity index (χ1n) is 20.0. The van der Waals surface area contributed by atoms with Gasteiger partial charge in [-0.25, -0.2) is 4.39 Å². The van der Waals surface area contributed by atoms with Gasteiger partial charge in [0.1, 0.15) is 42.4 Å². The van der Waals surface area contributed by atoms with Gasteiger partial charge in [-0.3, -0.25) is 33.6 Å². The number of hydrogen-bond acceptors (Lipinski definition) is 8. The molecule has 60 heavy (non-hydrogen) atoms. The second-order valence-corrected chi connectivity index (χ2v) is 16.7. The van der Waals surface area contributed by atoms with E-state index in [2.05, 4.69) is 16.0 Å². The SMILES string of the molecule is CCN1C(=O)[C@H](CC(C)C)NC(=O)[C@@H](N(C)C(=O)[C@H](C)NC(=O)[C@@H]2C[C@@H](F)CN2C(=O)[C@@](C)(O)C(F)(F)F)CCCCN(C)C(=O)[C@@H](C)NC(=O)[C@@H]1Cc1cccc(Cl)c1. The molecule has 7 amide bonds. The molecule has 0 radical (unpaired) electrons. The highest BCUT2D eigenvalue weighted by Crippen LogP contribution is 2.34. The van der Waals surface area contributed by atoms with Gasteiger partial charge in [0.2, 0.25) is 41.0 Å². The predicted molar refractivity (Wildman–Crippen MR) is 213 cm³/mol. The van der Waals surface area contributed by atoms with Crippen LogP contribution in [0.1, 0.15) is 79.2 Å². The van der Waals surface area contributed by atoms with E-state index < -0.39 is 109 Å². The van der Waals surface area contributed by atoms with E-state index in [1.165, 1.54) is 30.7 Å². The van der Waals surface area contributed by atoms with Crippen molar-refractivity contribution >= 4 is 53.0 Å². The molecule has 0 spiro atoms. The fraction of sp³-hybridized carbons (Fsp3) is 0.675. The number of rotatable bonds is 10. The number of amides is 7. The lowest BCUT2D eigenvalue weighted by Gasteiger charge is -2.36. The summed E-state index contributed by atoms with van der Waals surface area (Å²) in [6, 6.07) is -1.02. The van der Waals surface area contributed by atoms with E-state index in [0.29, 0.717) is 21.9 Å². The van der Waals surface area contributed by atoms with E-state index in [0.717, 1.165) is 4.90 Å². The lowest BCUT2D eigenvalue weighted by Crippen LogP contribution is -2.61. The lowest BCUT2D eigenvalue weighted by atomic mass is 9.98. The zero-order chi connectivity index (χ0) is 45.4. The average molecular weight is 876 g/mol. The topological polar surface area (TPSA) is 189 Å². The molecule has 0 aliphatic carbocycles. The Morgan fingerprint density at radius 3 is 2.28 bits per heavy atom. The second kappa shape index (κ2) is 20.8. The van der Waals surface area contributed by atoms with E-state index in [1.807, 2.05) is 13.8 Å². The van der Waals surface area contributed by atoms with Gasteiger partial charge in [0.15, 0.2) is 0 Å². The Kier molecular flexibility index (Phi) is 17.3. The number of alkyl halides is 4. The van der Waals surface area contributed by atoms with Crippen LogP contribution in [0.3, 0.4) is 0 Å². The van der Waals surface area contributed by atoms with Gasteiger partial charge in [0.25, 0.3) is 5.91 Å². The first-order chi connectivity index (χ1) is 27.8. The highest BCUT2D eigenvalue weighted by Gasteiger charge is 2.59. The van der Waals surface area contributed by atoms with Gasteiger partial charge in [0, 0.05) is 45.0 Å². The van der Waals surface area contributed by atoms with Crippen LogP contribution in [0.2, 0.25) is 5.02 Å². The molecule has 1 aromatic rings. The third-order valence-corrected chi connectivity index (χ3v) is 11.1. The molecule has 2 aliphatic rings. The van der Waals surface area contributed by atoms with Crippen LogP contribution in [-0.2, 0) is 40.0 Å². The molecule has 0 unspecified atom stereocenters. The zero-order valence-electron chi connectivity index (χ0n) is 35.3. The van der Waals surface area contributed by atoms with Crippen LogP contribution in [0, 0.1) is 5.92 Å². The molecule has 3 rings (SSSR count). The number of likely N-dealkylation sites (tertiary alicyclic amines) is 1. The van der Waals surface area contributed by atoms with Gasteiger partial charge < -0.3 is 40.7 Å². The van der Waals surface area contributed by atoms with Crippen molar-refractivity contribution in [3.05, 3.63) is 34.9 Å². The number of benzene rings is 1. The van der Waals surface area contributed by atoms with Crippen LogP contribution < -0.4 is 16.0 Å². The number of carbonyl (C=O) groups is 7. The smallest absolute Gasteiger partial charge is 0.373 e. The maximum absolute atomic E-state index is 14.5. The minimum absolute atomic E-state index is 0.0228. The minimum atomic E-state index is -5.43. The van der Waals surface area contributed by atoms with Gasteiger partial charge in [0.05, 0.1) is 6.54 Å². The van der Waals surface area contributed by atoms with Crippen LogP contribution in [0.4, 0.5) is 17.6 Å². The first-order valence-corrected chi connectivity index (χ1v) is 20.4. The van der Waals surface area contributed by atoms with Crippen molar-refractivity contribution < 1.29 is 56.2 Å². The summed E-state index contributed by atoms with van der Waals surface area (Å²) in [5.74, 6) is -6.40. The summed E-state index contributed by atoms with van der Waals surface area (Å²) in [6.45, 7) is 7.66. The molecule has 0 bridgehead atoms. The summed E-state index contributed by atoms with van der Waals surface area (Å²) in [6.07, 6.45) is -7.18. The molecule has 2 saturated heterocycles. The van der Waals surface area contributed by atoms with Crippen LogP contribution in [0.25, 0.3) is 0 Å². The number of aliphatic hydroxyl groups is 1. The number of nitrogens with zero attached hydrogens (tertiary/aromatic N) is 4. The van der Waals surface area contributed by atoms with Crippen molar-refractivity contribution in [1.29, 1.82) is 0 Å². The number of nitrogens with one attached hydrogen (secondary N) is 3. The number of likely N-dealkylation sites (N-methyl/N-ethyl adjacent to an activating group) is 3. The Bertz CT molecular complexity index is 1750. The molecule has 8 atom stereocenters. The molecule has 2 heterocycles. The van der Waals surface area contributed by atoms with E-state index in [9.17, 15) is 56.2 Å². The maximum atomic E-state index is 14.5. The van der Waals surface area contributed by atoms with Crippen molar-refractivity contribution in [3.63, 3.8) is 0 Å². The summed E-state index contributed by atoms with van der Waals surface area (Å²) in [5, 5.41) is 18.2. The molecule has 2 aliphatic heterocycles. The first kappa shape index (κ1) is 49.8.